The van der Waals surface area contributed by atoms with Crippen LogP contribution in [0, 0.1) is 11.8 Å². The number of primary amides is 1. The molecule has 0 unspecified atom stereocenters. The topological polar surface area (TPSA) is 135 Å². The molecule has 4 N–H and O–H groups in total. The van der Waals surface area contributed by atoms with E-state index in [0.29, 0.717) is 34.2 Å². The Morgan fingerprint density at radius 1 is 1.12 bits per heavy atom. The van der Waals surface area contributed by atoms with Crippen LogP contribution in [-0.2, 0) is 14.6 Å². The number of carbonyl (C=O) groups excluding carboxylic acids is 1. The fraction of sp³-hybridized carbons (Fsp3) is 0.125. The van der Waals surface area contributed by atoms with Crippen LogP contribution in [-0.4, -0.2) is 37.1 Å². The molecule has 0 bridgehead atoms. The summed E-state index contributed by atoms with van der Waals surface area (Å²) in [5, 5.41) is 4.92. The summed E-state index contributed by atoms with van der Waals surface area (Å²) in [7, 11) is -3.31. The van der Waals surface area contributed by atoms with Crippen molar-refractivity contribution in [1.82, 2.24) is 9.97 Å². The predicted molar refractivity (Wildman–Crippen MR) is 129 cm³/mol. The first kappa shape index (κ1) is 22.0. The highest BCUT2D eigenvalue weighted by Crippen LogP contribution is 2.32. The van der Waals surface area contributed by atoms with Gasteiger partial charge in [-0.2, -0.15) is 0 Å². The second kappa shape index (κ2) is 8.41. The van der Waals surface area contributed by atoms with Gasteiger partial charge in [-0.1, -0.05) is 30.2 Å². The van der Waals surface area contributed by atoms with Crippen LogP contribution in [0.1, 0.15) is 12.5 Å². The molecule has 0 aliphatic carbocycles. The van der Waals surface area contributed by atoms with Crippen molar-refractivity contribution in [3.05, 3.63) is 64.6 Å². The van der Waals surface area contributed by atoms with Gasteiger partial charge >= 0.3 is 0 Å². The third kappa shape index (κ3) is 4.29. The molecule has 2 aromatic heterocycles. The van der Waals surface area contributed by atoms with Gasteiger partial charge in [0.25, 0.3) is 11.5 Å². The lowest BCUT2D eigenvalue weighted by molar-refractivity contribution is -0.112. The highest BCUT2D eigenvalue weighted by Gasteiger charge is 2.15. The van der Waals surface area contributed by atoms with Gasteiger partial charge in [0.15, 0.2) is 9.84 Å². The molecule has 166 valence electrons. The van der Waals surface area contributed by atoms with Crippen LogP contribution in [0.5, 0.6) is 0 Å². The number of pyridine rings is 2. The quantitative estimate of drug-likeness (QED) is 0.316. The number of fused-ring (bicyclic) bond motifs is 3. The number of benzene rings is 2. The van der Waals surface area contributed by atoms with Gasteiger partial charge in [0.2, 0.25) is 0 Å². The maximum Gasteiger partial charge on any atom is 0.293 e. The maximum atomic E-state index is 12.8. The summed E-state index contributed by atoms with van der Waals surface area (Å²) < 4.78 is 23.5. The van der Waals surface area contributed by atoms with Crippen molar-refractivity contribution in [3.8, 4) is 23.0 Å². The summed E-state index contributed by atoms with van der Waals surface area (Å²) in [5.74, 6) is 4.74. The molecule has 0 fully saturated rings. The lowest BCUT2D eigenvalue weighted by Gasteiger charge is -2.13. The largest absolute Gasteiger partial charge is 0.370 e. The second-order valence-electron chi connectivity index (χ2n) is 7.42. The number of sulfone groups is 1. The Bertz CT molecular complexity index is 1640. The zero-order chi connectivity index (χ0) is 23.8. The van der Waals surface area contributed by atoms with E-state index in [1.54, 1.807) is 24.3 Å². The first-order chi connectivity index (χ1) is 15.7. The third-order valence-corrected chi connectivity index (χ3v) is 6.24. The van der Waals surface area contributed by atoms with E-state index in [1.807, 2.05) is 25.1 Å². The smallest absolute Gasteiger partial charge is 0.293 e. The molecule has 0 saturated heterocycles. The van der Waals surface area contributed by atoms with Crippen molar-refractivity contribution in [2.45, 2.75) is 11.8 Å². The van der Waals surface area contributed by atoms with Crippen molar-refractivity contribution in [2.24, 2.45) is 5.73 Å². The van der Waals surface area contributed by atoms with Gasteiger partial charge in [-0.3, -0.25) is 9.59 Å². The van der Waals surface area contributed by atoms with Gasteiger partial charge in [0.05, 0.1) is 21.4 Å². The Morgan fingerprint density at radius 2 is 1.82 bits per heavy atom. The molecule has 33 heavy (non-hydrogen) atoms. The van der Waals surface area contributed by atoms with Gasteiger partial charge in [0.1, 0.15) is 5.82 Å². The highest BCUT2D eigenvalue weighted by atomic mass is 32.2. The Labute approximate surface area is 189 Å². The van der Waals surface area contributed by atoms with E-state index in [4.69, 9.17) is 5.73 Å². The molecule has 2 heterocycles. The van der Waals surface area contributed by atoms with Crippen LogP contribution in [0.3, 0.4) is 0 Å². The Hall–Kier alpha value is -4.16. The number of aromatic nitrogens is 2. The molecule has 8 nitrogen and oxygen atoms in total. The van der Waals surface area contributed by atoms with Crippen LogP contribution in [0.2, 0.25) is 0 Å². The number of rotatable bonds is 4. The molecule has 1 amide bonds. The Balaban J connectivity index is 2.03. The van der Waals surface area contributed by atoms with Crippen LogP contribution < -0.4 is 16.6 Å². The molecule has 0 aliphatic rings. The third-order valence-electron chi connectivity index (χ3n) is 5.11. The number of anilines is 1. The summed E-state index contributed by atoms with van der Waals surface area (Å²) in [6, 6.07) is 12.1. The summed E-state index contributed by atoms with van der Waals surface area (Å²) in [6.45, 7) is 2.54. The average molecular weight is 461 g/mol. The second-order valence-corrected chi connectivity index (χ2v) is 9.43. The van der Waals surface area contributed by atoms with E-state index in [2.05, 4.69) is 27.1 Å². The van der Waals surface area contributed by atoms with Gasteiger partial charge in [-0.05, 0) is 36.2 Å². The normalized spacial score (nSPS) is 11.2. The van der Waals surface area contributed by atoms with E-state index < -0.39 is 15.7 Å². The monoisotopic (exact) mass is 460 g/mol. The van der Waals surface area contributed by atoms with Crippen LogP contribution in [0.25, 0.3) is 32.8 Å². The molecule has 0 saturated carbocycles. The number of nitrogens with zero attached hydrogens (tertiary/aromatic N) is 1. The first-order valence-corrected chi connectivity index (χ1v) is 11.9. The fourth-order valence-corrected chi connectivity index (χ4v) is 4.25. The molecule has 4 rings (SSSR count). The van der Waals surface area contributed by atoms with Crippen molar-refractivity contribution in [3.63, 3.8) is 0 Å². The number of H-pyrrole nitrogens is 1. The summed E-state index contributed by atoms with van der Waals surface area (Å²) in [6.07, 6.45) is 2.56. The number of carbonyl (C=O) groups is 1. The number of nitrogens with two attached hydrogens (primary N) is 1. The lowest BCUT2D eigenvalue weighted by atomic mass is 9.99. The summed E-state index contributed by atoms with van der Waals surface area (Å²) in [4.78, 5) is 31.5. The molecule has 9 heteroatoms. The molecular weight excluding hydrogens is 440 g/mol. The van der Waals surface area contributed by atoms with Crippen molar-refractivity contribution < 1.29 is 13.2 Å². The average Bonchev–Trinajstić information content (AvgIpc) is 2.78. The Kier molecular flexibility index (Phi) is 5.62. The molecule has 0 radical (unpaired) electrons. The van der Waals surface area contributed by atoms with E-state index in [-0.39, 0.29) is 10.5 Å². The molecule has 0 atom stereocenters. The highest BCUT2D eigenvalue weighted by molar-refractivity contribution is 7.90. The minimum absolute atomic E-state index is 0.227. The zero-order valence-electron chi connectivity index (χ0n) is 17.9. The van der Waals surface area contributed by atoms with Gasteiger partial charge in [-0.15, -0.1) is 0 Å². The predicted octanol–water partition coefficient (Wildman–Crippen LogP) is 2.42. The minimum atomic E-state index is -3.31. The number of nitrogens with one attached hydrogen (secondary N) is 2. The summed E-state index contributed by atoms with van der Waals surface area (Å²) in [5.41, 5.74) is 7.11. The lowest BCUT2D eigenvalue weighted by Crippen LogP contribution is -2.11. The van der Waals surface area contributed by atoms with Crippen LogP contribution in [0.4, 0.5) is 5.82 Å². The van der Waals surface area contributed by atoms with Crippen molar-refractivity contribution >= 4 is 43.2 Å². The number of hydrogen-bond acceptors (Lipinski definition) is 6. The van der Waals surface area contributed by atoms with E-state index in [9.17, 15) is 18.0 Å². The van der Waals surface area contributed by atoms with E-state index in [1.165, 1.54) is 6.20 Å². The first-order valence-electron chi connectivity index (χ1n) is 10.0. The number of hydrogen-bond donors (Lipinski definition) is 3. The van der Waals surface area contributed by atoms with Gasteiger partial charge < -0.3 is 16.0 Å². The zero-order valence-corrected chi connectivity index (χ0v) is 18.7. The van der Waals surface area contributed by atoms with Gasteiger partial charge in [0, 0.05) is 35.7 Å². The van der Waals surface area contributed by atoms with Gasteiger partial charge in [-0.25, -0.2) is 13.4 Å². The van der Waals surface area contributed by atoms with Crippen molar-refractivity contribution in [2.75, 3.05) is 18.1 Å². The fourth-order valence-electron chi connectivity index (χ4n) is 3.62. The molecule has 0 aliphatic heterocycles. The number of aromatic amines is 1. The standard InChI is InChI=1S/C24H20N4O4S/c1-3-26-23-18-10-6-15(14-4-8-17(9-5-14)33(2,31)32)12-19(18)21-22(28-23)16(7-11-20(25)29)13-27-24(21)30/h4-6,8-10,12-13H,3H2,1-2H3,(H2,25,29)(H,26,28)(H,27,30). The molecule has 0 spiro atoms. The summed E-state index contributed by atoms with van der Waals surface area (Å²) >= 11 is 0. The molecule has 2 aromatic carbocycles. The van der Waals surface area contributed by atoms with Crippen LogP contribution in [0.15, 0.2) is 58.4 Å². The molecular formula is C24H20N4O4S. The van der Waals surface area contributed by atoms with E-state index in [0.717, 1.165) is 22.8 Å². The minimum Gasteiger partial charge on any atom is -0.370 e. The van der Waals surface area contributed by atoms with Crippen LogP contribution >= 0.6 is 0 Å². The Morgan fingerprint density at radius 3 is 2.45 bits per heavy atom. The van der Waals surface area contributed by atoms with Crippen molar-refractivity contribution in [1.29, 1.82) is 0 Å². The molecule has 4 aromatic rings. The number of amides is 1. The van der Waals surface area contributed by atoms with E-state index >= 15 is 0 Å². The maximum absolute atomic E-state index is 12.8. The SMILES string of the molecule is CCNc1nc2c(C#CC(N)=O)c[nH]c(=O)c2c2cc(-c3ccc(S(C)(=O)=O)cc3)ccc12.